The molecular weight excluding hydrogens is 459 g/mol. The summed E-state index contributed by atoms with van der Waals surface area (Å²) in [6.45, 7) is 6.48. The van der Waals surface area contributed by atoms with E-state index in [-0.39, 0.29) is 12.8 Å². The van der Waals surface area contributed by atoms with Crippen molar-refractivity contribution in [3.8, 4) is 0 Å². The lowest BCUT2D eigenvalue weighted by Crippen LogP contribution is -2.37. The molecule has 0 aromatic heterocycles. The molecule has 6 heteroatoms. The SMILES string of the molecule is CCCCCCCCCCCCC(CCCCCCCCCCCC)(CP(=O)(O)O)C(=O)OCC. The second kappa shape index (κ2) is 22.8. The maximum atomic E-state index is 13.0. The summed E-state index contributed by atoms with van der Waals surface area (Å²) in [5.41, 5.74) is -1.05. The molecule has 35 heavy (non-hydrogen) atoms. The Labute approximate surface area is 217 Å². The minimum absolute atomic E-state index is 0.248. The van der Waals surface area contributed by atoms with Gasteiger partial charge in [0.15, 0.2) is 0 Å². The Morgan fingerprint density at radius 1 is 0.600 bits per heavy atom. The van der Waals surface area contributed by atoms with E-state index in [9.17, 15) is 19.1 Å². The minimum atomic E-state index is -4.33. The summed E-state index contributed by atoms with van der Waals surface area (Å²) in [7, 11) is -4.33. The zero-order chi connectivity index (χ0) is 26.3. The van der Waals surface area contributed by atoms with Crippen LogP contribution in [0.2, 0.25) is 0 Å². The van der Waals surface area contributed by atoms with Crippen LogP contribution in [0.3, 0.4) is 0 Å². The molecular formula is C29H59O5P. The van der Waals surface area contributed by atoms with Crippen molar-refractivity contribution in [1.29, 1.82) is 0 Å². The van der Waals surface area contributed by atoms with Gasteiger partial charge in [-0.15, -0.1) is 0 Å². The van der Waals surface area contributed by atoms with Crippen LogP contribution in [-0.2, 0) is 14.1 Å². The van der Waals surface area contributed by atoms with Crippen molar-refractivity contribution in [3.05, 3.63) is 0 Å². The van der Waals surface area contributed by atoms with E-state index in [0.29, 0.717) is 12.8 Å². The second-order valence-electron chi connectivity index (χ2n) is 10.7. The van der Waals surface area contributed by atoms with E-state index in [1.807, 2.05) is 0 Å². The smallest absolute Gasteiger partial charge is 0.326 e. The number of ether oxygens (including phenoxy) is 1. The molecule has 5 nitrogen and oxygen atoms in total. The fourth-order valence-electron chi connectivity index (χ4n) is 5.13. The molecule has 0 aliphatic heterocycles. The molecule has 0 aliphatic carbocycles. The van der Waals surface area contributed by atoms with Crippen molar-refractivity contribution in [3.63, 3.8) is 0 Å². The molecule has 0 amide bonds. The van der Waals surface area contributed by atoms with E-state index in [4.69, 9.17) is 4.74 Å². The van der Waals surface area contributed by atoms with Crippen LogP contribution in [0.4, 0.5) is 0 Å². The van der Waals surface area contributed by atoms with Crippen molar-refractivity contribution in [2.75, 3.05) is 12.8 Å². The van der Waals surface area contributed by atoms with Crippen molar-refractivity contribution < 1.29 is 23.9 Å². The van der Waals surface area contributed by atoms with Gasteiger partial charge >= 0.3 is 13.6 Å². The zero-order valence-electron chi connectivity index (χ0n) is 23.5. The third-order valence-corrected chi connectivity index (χ3v) is 8.25. The molecule has 0 aliphatic rings. The molecule has 0 unspecified atom stereocenters. The van der Waals surface area contributed by atoms with Crippen molar-refractivity contribution in [2.24, 2.45) is 5.41 Å². The van der Waals surface area contributed by atoms with Gasteiger partial charge in [-0.05, 0) is 19.8 Å². The topological polar surface area (TPSA) is 83.8 Å². The van der Waals surface area contributed by atoms with Gasteiger partial charge in [0.05, 0.1) is 18.2 Å². The third-order valence-electron chi connectivity index (χ3n) is 7.23. The molecule has 210 valence electrons. The van der Waals surface area contributed by atoms with Crippen LogP contribution in [-0.4, -0.2) is 28.5 Å². The summed E-state index contributed by atoms with van der Waals surface area (Å²) in [5.74, 6) is -0.407. The maximum Gasteiger partial charge on any atom is 0.326 e. The predicted molar refractivity (Wildman–Crippen MR) is 149 cm³/mol. The highest BCUT2D eigenvalue weighted by Gasteiger charge is 2.44. The Kier molecular flexibility index (Phi) is 22.5. The Morgan fingerprint density at radius 3 is 1.20 bits per heavy atom. The summed E-state index contributed by atoms with van der Waals surface area (Å²) < 4.78 is 17.4. The largest absolute Gasteiger partial charge is 0.466 e. The fourth-order valence-corrected chi connectivity index (χ4v) is 6.37. The predicted octanol–water partition coefficient (Wildman–Crippen LogP) is 9.34. The lowest BCUT2D eigenvalue weighted by atomic mass is 9.79. The van der Waals surface area contributed by atoms with E-state index in [2.05, 4.69) is 13.8 Å². The molecule has 0 aromatic carbocycles. The van der Waals surface area contributed by atoms with Gasteiger partial charge in [-0.3, -0.25) is 9.36 Å². The van der Waals surface area contributed by atoms with Crippen molar-refractivity contribution in [1.82, 2.24) is 0 Å². The average molecular weight is 519 g/mol. The van der Waals surface area contributed by atoms with Crippen molar-refractivity contribution in [2.45, 2.75) is 162 Å². The fraction of sp³-hybridized carbons (Fsp3) is 0.966. The molecule has 0 rings (SSSR count). The molecule has 0 heterocycles. The molecule has 2 N–H and O–H groups in total. The average Bonchev–Trinajstić information content (AvgIpc) is 2.80. The summed E-state index contributed by atoms with van der Waals surface area (Å²) in [5, 5.41) is 0. The number of unbranched alkanes of at least 4 members (excludes halogenated alkanes) is 18. The van der Waals surface area contributed by atoms with Gasteiger partial charge in [-0.25, -0.2) is 0 Å². The van der Waals surface area contributed by atoms with E-state index in [1.165, 1.54) is 89.9 Å². The van der Waals surface area contributed by atoms with Crippen LogP contribution in [0.5, 0.6) is 0 Å². The van der Waals surface area contributed by atoms with E-state index in [1.54, 1.807) is 6.92 Å². The first kappa shape index (κ1) is 34.6. The van der Waals surface area contributed by atoms with Gasteiger partial charge in [-0.2, -0.15) is 0 Å². The highest BCUT2D eigenvalue weighted by atomic mass is 31.2. The maximum absolute atomic E-state index is 13.0. The van der Waals surface area contributed by atoms with Gasteiger partial charge < -0.3 is 14.5 Å². The Morgan fingerprint density at radius 2 is 0.914 bits per heavy atom. The quantitative estimate of drug-likeness (QED) is 0.0677. The van der Waals surface area contributed by atoms with Crippen molar-refractivity contribution >= 4 is 13.6 Å². The summed E-state index contributed by atoms with van der Waals surface area (Å²) in [4.78, 5) is 32.6. The summed E-state index contributed by atoms with van der Waals surface area (Å²) in [6, 6.07) is 0. The van der Waals surface area contributed by atoms with Crippen LogP contribution in [0.1, 0.15) is 162 Å². The number of carbonyl (C=O) groups is 1. The lowest BCUT2D eigenvalue weighted by Gasteiger charge is -2.32. The van der Waals surface area contributed by atoms with Crippen LogP contribution in [0.15, 0.2) is 0 Å². The van der Waals surface area contributed by atoms with Gasteiger partial charge in [0, 0.05) is 0 Å². The number of esters is 1. The number of rotatable bonds is 26. The Balaban J connectivity index is 4.56. The van der Waals surface area contributed by atoms with E-state index < -0.39 is 19.0 Å². The molecule has 0 saturated carbocycles. The molecule has 0 spiro atoms. The molecule has 0 atom stereocenters. The molecule has 0 aromatic rings. The zero-order valence-corrected chi connectivity index (χ0v) is 24.4. The highest BCUT2D eigenvalue weighted by molar-refractivity contribution is 7.51. The van der Waals surface area contributed by atoms with Crippen LogP contribution >= 0.6 is 7.60 Å². The number of carbonyl (C=O) groups excluding carboxylic acids is 1. The standard InChI is InChI=1S/C29H59O5P/c1-4-7-9-11-13-15-17-19-21-23-25-29(27-35(31,32)33,28(30)34-6-3)26-24-22-20-18-16-14-12-10-8-5-2/h4-27H2,1-3H3,(H2,31,32,33). The monoisotopic (exact) mass is 518 g/mol. The first-order valence-corrected chi connectivity index (χ1v) is 16.8. The van der Waals surface area contributed by atoms with Crippen LogP contribution in [0, 0.1) is 5.41 Å². The first-order valence-electron chi connectivity index (χ1n) is 15.0. The summed E-state index contributed by atoms with van der Waals surface area (Å²) >= 11 is 0. The lowest BCUT2D eigenvalue weighted by molar-refractivity contribution is -0.155. The Hall–Kier alpha value is -0.380. The first-order chi connectivity index (χ1) is 16.8. The summed E-state index contributed by atoms with van der Waals surface area (Å²) in [6.07, 6.45) is 24.6. The number of hydrogen-bond acceptors (Lipinski definition) is 3. The van der Waals surface area contributed by atoms with Gasteiger partial charge in [-0.1, -0.05) is 142 Å². The third kappa shape index (κ3) is 20.4. The molecule has 0 saturated heterocycles. The van der Waals surface area contributed by atoms with Gasteiger partial charge in [0.1, 0.15) is 0 Å². The van der Waals surface area contributed by atoms with Gasteiger partial charge in [0.2, 0.25) is 0 Å². The van der Waals surface area contributed by atoms with Crippen LogP contribution in [0.25, 0.3) is 0 Å². The minimum Gasteiger partial charge on any atom is -0.466 e. The molecule has 0 bridgehead atoms. The second-order valence-corrected chi connectivity index (χ2v) is 12.3. The number of hydrogen-bond donors (Lipinski definition) is 2. The van der Waals surface area contributed by atoms with Crippen LogP contribution < -0.4 is 0 Å². The van der Waals surface area contributed by atoms with E-state index in [0.717, 1.165) is 38.5 Å². The van der Waals surface area contributed by atoms with Gasteiger partial charge in [0.25, 0.3) is 0 Å². The molecule has 0 fully saturated rings. The molecule has 0 radical (unpaired) electrons. The van der Waals surface area contributed by atoms with E-state index >= 15 is 0 Å². The Bertz CT molecular complexity index is 507. The highest BCUT2D eigenvalue weighted by Crippen LogP contribution is 2.47. The normalized spacial score (nSPS) is 12.3.